The Labute approximate surface area is 122 Å². The van der Waals surface area contributed by atoms with E-state index >= 15 is 0 Å². The minimum atomic E-state index is -0.331. The van der Waals surface area contributed by atoms with Gasteiger partial charge in [-0.25, -0.2) is 4.98 Å². The van der Waals surface area contributed by atoms with Gasteiger partial charge in [0, 0.05) is 15.7 Å². The van der Waals surface area contributed by atoms with Crippen LogP contribution in [0.1, 0.15) is 10.4 Å². The van der Waals surface area contributed by atoms with E-state index in [9.17, 15) is 4.79 Å². The molecule has 0 spiro atoms. The zero-order valence-electron chi connectivity index (χ0n) is 8.95. The molecule has 2 rings (SSSR count). The maximum Gasteiger partial charge on any atom is 0.258 e. The van der Waals surface area contributed by atoms with Crippen LogP contribution in [0.3, 0.4) is 0 Å². The molecule has 0 radical (unpaired) electrons. The van der Waals surface area contributed by atoms with E-state index in [-0.39, 0.29) is 5.91 Å². The fraction of sp³-hybridized carbons (Fsp3) is 0. The highest BCUT2D eigenvalue weighted by molar-refractivity contribution is 9.10. The molecule has 0 bridgehead atoms. The molecule has 2 aromatic rings. The van der Waals surface area contributed by atoms with Crippen molar-refractivity contribution in [3.8, 4) is 0 Å². The van der Waals surface area contributed by atoms with Gasteiger partial charge in [0.1, 0.15) is 5.82 Å². The van der Waals surface area contributed by atoms with Crippen molar-refractivity contribution >= 4 is 50.9 Å². The largest absolute Gasteiger partial charge is 0.306 e. The van der Waals surface area contributed by atoms with E-state index < -0.39 is 0 Å². The van der Waals surface area contributed by atoms with Gasteiger partial charge in [0.15, 0.2) is 0 Å². The Kier molecular flexibility index (Phi) is 4.22. The number of aromatic nitrogens is 1. The number of pyridine rings is 1. The van der Waals surface area contributed by atoms with Crippen molar-refractivity contribution in [1.29, 1.82) is 0 Å². The van der Waals surface area contributed by atoms with Gasteiger partial charge in [0.2, 0.25) is 0 Å². The molecule has 6 heteroatoms. The summed E-state index contributed by atoms with van der Waals surface area (Å²) in [5.41, 5.74) is 0.350. The molecule has 0 aliphatic carbocycles. The Morgan fingerprint density at radius 2 is 2.00 bits per heavy atom. The fourth-order valence-electron chi connectivity index (χ4n) is 1.33. The summed E-state index contributed by atoms with van der Waals surface area (Å²) >= 11 is 15.0. The highest BCUT2D eigenvalue weighted by Crippen LogP contribution is 2.22. The van der Waals surface area contributed by atoms with Gasteiger partial charge in [-0.15, -0.1) is 0 Å². The van der Waals surface area contributed by atoms with Gasteiger partial charge in [-0.1, -0.05) is 39.1 Å². The fourth-order valence-corrected chi connectivity index (χ4v) is 2.16. The lowest BCUT2D eigenvalue weighted by Crippen LogP contribution is -2.13. The van der Waals surface area contributed by atoms with Crippen LogP contribution in [0.25, 0.3) is 0 Å². The maximum atomic E-state index is 12.0. The summed E-state index contributed by atoms with van der Waals surface area (Å²) in [5.74, 6) is 0.114. The summed E-state index contributed by atoms with van der Waals surface area (Å²) in [4.78, 5) is 16.0. The predicted octanol–water partition coefficient (Wildman–Crippen LogP) is 4.40. The number of benzene rings is 1. The average molecular weight is 346 g/mol. The minimum Gasteiger partial charge on any atom is -0.306 e. The lowest BCUT2D eigenvalue weighted by Gasteiger charge is -2.06. The van der Waals surface area contributed by atoms with Crippen LogP contribution in [0.4, 0.5) is 5.82 Å². The van der Waals surface area contributed by atoms with Gasteiger partial charge in [0.05, 0.1) is 10.6 Å². The van der Waals surface area contributed by atoms with Crippen LogP contribution in [0.2, 0.25) is 10.0 Å². The summed E-state index contributed by atoms with van der Waals surface area (Å²) in [5, 5.41) is 3.44. The quantitative estimate of drug-likeness (QED) is 0.876. The Morgan fingerprint density at radius 1 is 1.22 bits per heavy atom. The van der Waals surface area contributed by atoms with Crippen molar-refractivity contribution in [3.63, 3.8) is 0 Å². The maximum absolute atomic E-state index is 12.0. The molecule has 1 N–H and O–H groups in total. The highest BCUT2D eigenvalue weighted by atomic mass is 79.9. The van der Waals surface area contributed by atoms with Gasteiger partial charge in [-0.2, -0.15) is 0 Å². The molecule has 1 heterocycles. The number of carbonyl (C=O) groups is 1. The van der Waals surface area contributed by atoms with Crippen LogP contribution >= 0.6 is 39.1 Å². The number of amides is 1. The third-order valence-corrected chi connectivity index (χ3v) is 3.18. The zero-order valence-corrected chi connectivity index (χ0v) is 12.1. The van der Waals surface area contributed by atoms with Crippen LogP contribution in [0, 0.1) is 0 Å². The summed E-state index contributed by atoms with van der Waals surface area (Å²) in [6, 6.07) is 8.16. The average Bonchev–Trinajstić information content (AvgIpc) is 2.28. The van der Waals surface area contributed by atoms with E-state index in [2.05, 4.69) is 26.2 Å². The molecule has 0 atom stereocenters. The number of carbonyl (C=O) groups excluding carboxylic acids is 1. The van der Waals surface area contributed by atoms with Gasteiger partial charge < -0.3 is 5.32 Å². The Morgan fingerprint density at radius 3 is 2.67 bits per heavy atom. The second-order valence-electron chi connectivity index (χ2n) is 3.44. The smallest absolute Gasteiger partial charge is 0.258 e. The monoisotopic (exact) mass is 344 g/mol. The second-order valence-corrected chi connectivity index (χ2v) is 5.20. The first-order valence-corrected chi connectivity index (χ1v) is 6.49. The topological polar surface area (TPSA) is 42.0 Å². The van der Waals surface area contributed by atoms with Crippen molar-refractivity contribution in [2.24, 2.45) is 0 Å². The van der Waals surface area contributed by atoms with Gasteiger partial charge in [-0.3, -0.25) is 4.79 Å². The molecule has 0 aliphatic rings. The van der Waals surface area contributed by atoms with E-state index in [4.69, 9.17) is 23.2 Å². The van der Waals surface area contributed by atoms with Crippen LogP contribution in [0.15, 0.2) is 41.0 Å². The Hall–Kier alpha value is -1.10. The van der Waals surface area contributed by atoms with Crippen molar-refractivity contribution in [2.75, 3.05) is 5.32 Å². The van der Waals surface area contributed by atoms with Crippen molar-refractivity contribution in [3.05, 3.63) is 56.6 Å². The SMILES string of the molecule is O=C(Nc1cc(Br)ccn1)c1ccc(Cl)cc1Cl. The zero-order chi connectivity index (χ0) is 13.1. The highest BCUT2D eigenvalue weighted by Gasteiger charge is 2.11. The van der Waals surface area contributed by atoms with Gasteiger partial charge in [0.25, 0.3) is 5.91 Å². The number of nitrogens with one attached hydrogen (secondary N) is 1. The van der Waals surface area contributed by atoms with Crippen LogP contribution in [-0.4, -0.2) is 10.9 Å². The number of hydrogen-bond donors (Lipinski definition) is 1. The molecule has 0 saturated heterocycles. The van der Waals surface area contributed by atoms with Gasteiger partial charge >= 0.3 is 0 Å². The van der Waals surface area contributed by atoms with Crippen molar-refractivity contribution in [1.82, 2.24) is 4.98 Å². The molecule has 0 saturated carbocycles. The third kappa shape index (κ3) is 3.22. The molecule has 1 aromatic carbocycles. The Bertz CT molecular complexity index is 604. The first kappa shape index (κ1) is 13.3. The summed E-state index contributed by atoms with van der Waals surface area (Å²) < 4.78 is 0.829. The summed E-state index contributed by atoms with van der Waals surface area (Å²) in [6.45, 7) is 0. The third-order valence-electron chi connectivity index (χ3n) is 2.14. The second kappa shape index (κ2) is 5.69. The minimum absolute atomic E-state index is 0.301. The first-order chi connectivity index (χ1) is 8.56. The lowest BCUT2D eigenvalue weighted by molar-refractivity contribution is 0.102. The van der Waals surface area contributed by atoms with E-state index in [0.717, 1.165) is 4.47 Å². The van der Waals surface area contributed by atoms with Gasteiger partial charge in [-0.05, 0) is 30.3 Å². The summed E-state index contributed by atoms with van der Waals surface area (Å²) in [6.07, 6.45) is 1.59. The van der Waals surface area contributed by atoms with E-state index in [0.29, 0.717) is 21.4 Å². The first-order valence-electron chi connectivity index (χ1n) is 4.94. The molecule has 3 nitrogen and oxygen atoms in total. The van der Waals surface area contributed by atoms with E-state index in [1.165, 1.54) is 6.07 Å². The number of rotatable bonds is 2. The molecule has 0 aliphatic heterocycles. The van der Waals surface area contributed by atoms with E-state index in [1.54, 1.807) is 30.5 Å². The number of anilines is 1. The summed E-state index contributed by atoms with van der Waals surface area (Å²) in [7, 11) is 0. The van der Waals surface area contributed by atoms with Crippen molar-refractivity contribution in [2.45, 2.75) is 0 Å². The molecule has 0 fully saturated rings. The van der Waals surface area contributed by atoms with E-state index in [1.807, 2.05) is 0 Å². The number of nitrogens with zero attached hydrogens (tertiary/aromatic N) is 1. The van der Waals surface area contributed by atoms with Crippen LogP contribution in [0.5, 0.6) is 0 Å². The molecule has 0 unspecified atom stereocenters. The predicted molar refractivity (Wildman–Crippen MR) is 76.4 cm³/mol. The molecular formula is C12H7BrCl2N2O. The van der Waals surface area contributed by atoms with Crippen molar-refractivity contribution < 1.29 is 4.79 Å². The molecular weight excluding hydrogens is 339 g/mol. The molecule has 1 amide bonds. The molecule has 18 heavy (non-hydrogen) atoms. The normalized spacial score (nSPS) is 10.2. The Balaban J connectivity index is 2.22. The van der Waals surface area contributed by atoms with Crippen LogP contribution in [-0.2, 0) is 0 Å². The molecule has 92 valence electrons. The lowest BCUT2D eigenvalue weighted by atomic mass is 10.2. The molecule has 1 aromatic heterocycles. The van der Waals surface area contributed by atoms with Crippen LogP contribution < -0.4 is 5.32 Å². The number of hydrogen-bond acceptors (Lipinski definition) is 2. The standard InChI is InChI=1S/C12H7BrCl2N2O/c13-7-3-4-16-11(5-7)17-12(18)9-2-1-8(14)6-10(9)15/h1-6H,(H,16,17,18). The number of halogens is 3.